The van der Waals surface area contributed by atoms with Gasteiger partial charge in [0, 0.05) is 58.1 Å². The minimum Gasteiger partial charge on any atom is -0.493 e. The van der Waals surface area contributed by atoms with E-state index >= 15 is 0 Å². The number of carbonyl (C=O) groups excluding carboxylic acids is 3. The summed E-state index contributed by atoms with van der Waals surface area (Å²) in [6.45, 7) is 3.74. The number of carbonyl (C=O) groups is 3. The number of fused-ring (bicyclic) bond motifs is 3. The Morgan fingerprint density at radius 3 is 2.67 bits per heavy atom. The van der Waals surface area contributed by atoms with Crippen molar-refractivity contribution >= 4 is 17.7 Å². The number of aryl methyl sites for hydroxylation is 3. The summed E-state index contributed by atoms with van der Waals surface area (Å²) < 4.78 is 14.9. The fraction of sp³-hybridized carbons (Fsp3) is 0.419. The third kappa shape index (κ3) is 8.43. The Labute approximate surface area is 266 Å². The number of hydrogen-bond acceptors (Lipinski definition) is 10. The van der Waals surface area contributed by atoms with Crippen molar-refractivity contribution in [2.45, 2.75) is 51.7 Å². The van der Waals surface area contributed by atoms with Gasteiger partial charge in [-0.25, -0.2) is 4.68 Å². The summed E-state index contributed by atoms with van der Waals surface area (Å²) in [5.74, 6) is 0.360. The van der Waals surface area contributed by atoms with Crippen LogP contribution in [0.1, 0.15) is 40.3 Å². The first-order chi connectivity index (χ1) is 22.4. The molecule has 15 nitrogen and oxygen atoms in total. The van der Waals surface area contributed by atoms with Crippen molar-refractivity contribution < 1.29 is 23.9 Å². The first-order valence-corrected chi connectivity index (χ1v) is 15.2. The van der Waals surface area contributed by atoms with Gasteiger partial charge in [-0.2, -0.15) is 0 Å². The lowest BCUT2D eigenvalue weighted by Gasteiger charge is -2.24. The van der Waals surface area contributed by atoms with Crippen molar-refractivity contribution in [3.8, 4) is 11.5 Å². The van der Waals surface area contributed by atoms with E-state index in [1.807, 2.05) is 36.5 Å². The van der Waals surface area contributed by atoms with Gasteiger partial charge >= 0.3 is 0 Å². The summed E-state index contributed by atoms with van der Waals surface area (Å²) >= 11 is 0. The van der Waals surface area contributed by atoms with E-state index in [4.69, 9.17) is 9.47 Å². The van der Waals surface area contributed by atoms with Gasteiger partial charge in [-0.3, -0.25) is 19.1 Å². The molecule has 0 saturated carbocycles. The smallest absolute Gasteiger partial charge is 0.255 e. The number of aromatic nitrogens is 7. The monoisotopic (exact) mass is 630 g/mol. The average molecular weight is 631 g/mol. The van der Waals surface area contributed by atoms with Crippen molar-refractivity contribution in [2.24, 2.45) is 0 Å². The van der Waals surface area contributed by atoms with Crippen molar-refractivity contribution in [3.05, 3.63) is 77.4 Å². The second-order valence-electron chi connectivity index (χ2n) is 10.8. The molecule has 0 spiro atoms. The molecule has 46 heavy (non-hydrogen) atoms. The highest BCUT2D eigenvalue weighted by Gasteiger charge is 2.25. The molecule has 0 aliphatic carbocycles. The van der Waals surface area contributed by atoms with E-state index in [1.165, 1.54) is 7.11 Å². The number of nitrogens with zero attached hydrogens (tertiary/aromatic N) is 8. The summed E-state index contributed by atoms with van der Waals surface area (Å²) in [6.07, 6.45) is 3.36. The lowest BCUT2D eigenvalue weighted by Crippen LogP contribution is -2.50. The highest BCUT2D eigenvalue weighted by Crippen LogP contribution is 2.31. The Kier molecular flexibility index (Phi) is 10.9. The van der Waals surface area contributed by atoms with E-state index < -0.39 is 11.9 Å². The molecular weight excluding hydrogens is 592 g/mol. The molecule has 1 aliphatic rings. The number of amides is 3. The Bertz CT molecular complexity index is 1620. The second-order valence-corrected chi connectivity index (χ2v) is 10.8. The fourth-order valence-electron chi connectivity index (χ4n) is 5.13. The van der Waals surface area contributed by atoms with Crippen LogP contribution in [-0.2, 0) is 35.5 Å². The average Bonchev–Trinajstić information content (AvgIpc) is 3.71. The summed E-state index contributed by atoms with van der Waals surface area (Å²) in [7, 11) is 1.51. The van der Waals surface area contributed by atoms with Crippen LogP contribution in [0.3, 0.4) is 0 Å². The van der Waals surface area contributed by atoms with Crippen LogP contribution in [-0.4, -0.2) is 97.2 Å². The summed E-state index contributed by atoms with van der Waals surface area (Å²) in [4.78, 5) is 42.3. The molecule has 0 radical (unpaired) electrons. The van der Waals surface area contributed by atoms with Gasteiger partial charge < -0.3 is 25.0 Å². The molecular formula is C31H38N10O5. The van der Waals surface area contributed by atoms with Crippen LogP contribution in [0.15, 0.2) is 54.7 Å². The van der Waals surface area contributed by atoms with E-state index in [0.29, 0.717) is 49.8 Å². The fourth-order valence-corrected chi connectivity index (χ4v) is 5.13. The normalized spacial score (nSPS) is 16.6. The first kappa shape index (κ1) is 32.1. The van der Waals surface area contributed by atoms with E-state index in [0.717, 1.165) is 11.3 Å². The highest BCUT2D eigenvalue weighted by atomic mass is 16.5. The Hall–Kier alpha value is -5.34. The molecule has 0 saturated heterocycles. The largest absolute Gasteiger partial charge is 0.493 e. The number of benzene rings is 2. The van der Waals surface area contributed by atoms with Gasteiger partial charge in [-0.05, 0) is 35.0 Å². The van der Waals surface area contributed by atoms with Crippen LogP contribution < -0.4 is 20.1 Å². The number of rotatable bonds is 6. The topological polar surface area (TPSA) is 171 Å². The predicted molar refractivity (Wildman–Crippen MR) is 165 cm³/mol. The lowest BCUT2D eigenvalue weighted by atomic mass is 10.0. The summed E-state index contributed by atoms with van der Waals surface area (Å²) in [6, 6.07) is 13.6. The maximum absolute atomic E-state index is 13.7. The van der Waals surface area contributed by atoms with Crippen molar-refractivity contribution in [3.63, 3.8) is 0 Å². The zero-order valence-electron chi connectivity index (χ0n) is 26.0. The second kappa shape index (κ2) is 15.6. The molecule has 0 unspecified atom stereocenters. The third-order valence-electron chi connectivity index (χ3n) is 7.63. The van der Waals surface area contributed by atoms with Crippen LogP contribution in [0.4, 0.5) is 0 Å². The number of para-hydroxylation sites is 1. The molecule has 5 rings (SSSR count). The van der Waals surface area contributed by atoms with Crippen LogP contribution in [0.5, 0.6) is 11.5 Å². The predicted octanol–water partition coefficient (Wildman–Crippen LogP) is 0.983. The van der Waals surface area contributed by atoms with Crippen molar-refractivity contribution in [2.75, 3.05) is 33.4 Å². The van der Waals surface area contributed by atoms with Gasteiger partial charge in [0.1, 0.15) is 11.9 Å². The minimum absolute atomic E-state index is 0.112. The molecule has 2 N–H and O–H groups in total. The maximum Gasteiger partial charge on any atom is 0.255 e. The molecule has 2 aromatic heterocycles. The Balaban J connectivity index is 1.37. The van der Waals surface area contributed by atoms with E-state index in [9.17, 15) is 14.4 Å². The van der Waals surface area contributed by atoms with Gasteiger partial charge in [0.15, 0.2) is 11.5 Å². The lowest BCUT2D eigenvalue weighted by molar-refractivity contribution is -0.132. The molecule has 3 amide bonds. The molecule has 1 aliphatic heterocycles. The Morgan fingerprint density at radius 1 is 1.04 bits per heavy atom. The molecule has 1 atom stereocenters. The number of hydrogen-bond donors (Lipinski definition) is 2. The van der Waals surface area contributed by atoms with E-state index in [2.05, 4.69) is 36.5 Å². The summed E-state index contributed by atoms with van der Waals surface area (Å²) in [5.41, 5.74) is 1.87. The molecule has 3 heterocycles. The van der Waals surface area contributed by atoms with E-state index in [-0.39, 0.29) is 49.9 Å². The zero-order valence-corrected chi connectivity index (χ0v) is 26.0. The molecule has 0 fully saturated rings. The molecule has 242 valence electrons. The van der Waals surface area contributed by atoms with E-state index in [1.54, 1.807) is 39.4 Å². The SMILES string of the molecule is COc1cccc2c1OCCCn1cc(nn1)CCN(C(=O)CCn1nnnc1C)CCNC(=O)[C@H](Cc1ccccc1)NC2=O. The third-order valence-corrected chi connectivity index (χ3v) is 7.63. The van der Waals surface area contributed by atoms with Crippen LogP contribution in [0, 0.1) is 6.92 Å². The summed E-state index contributed by atoms with van der Waals surface area (Å²) in [5, 5.41) is 25.8. The zero-order chi connectivity index (χ0) is 32.3. The Morgan fingerprint density at radius 2 is 1.89 bits per heavy atom. The van der Waals surface area contributed by atoms with Crippen LogP contribution in [0.2, 0.25) is 0 Å². The van der Waals surface area contributed by atoms with Crippen molar-refractivity contribution in [1.82, 2.24) is 50.7 Å². The van der Waals surface area contributed by atoms with Crippen LogP contribution >= 0.6 is 0 Å². The quantitative estimate of drug-likeness (QED) is 0.313. The standard InChI is InChI=1S/C31H38N10O5/c1-22-34-36-38-41(22)17-13-28(42)39-16-12-24-21-40(37-35-24)15-7-19-46-29-25(10-6-11-27(29)45-2)30(43)33-26(31(44)32-14-18-39)20-23-8-4-3-5-9-23/h3-6,8-11,21,26H,7,12-20H2,1-2H3,(H,32,44)(H,33,43)/t26-/m0/s1. The van der Waals surface area contributed by atoms with Gasteiger partial charge in [0.2, 0.25) is 11.8 Å². The maximum atomic E-state index is 13.7. The number of methoxy groups -OCH3 is 1. The highest BCUT2D eigenvalue weighted by molar-refractivity contribution is 6.00. The van der Waals surface area contributed by atoms with Crippen LogP contribution in [0.25, 0.3) is 0 Å². The molecule has 2 aromatic carbocycles. The van der Waals surface area contributed by atoms with Gasteiger partial charge in [-0.1, -0.05) is 41.6 Å². The van der Waals surface area contributed by atoms with Crippen molar-refractivity contribution in [1.29, 1.82) is 0 Å². The first-order valence-electron chi connectivity index (χ1n) is 15.2. The van der Waals surface area contributed by atoms with Gasteiger partial charge in [0.25, 0.3) is 5.91 Å². The molecule has 2 bridgehead atoms. The number of nitrogens with one attached hydrogen (secondary N) is 2. The minimum atomic E-state index is -0.892. The van der Waals surface area contributed by atoms with Gasteiger partial charge in [-0.15, -0.1) is 10.2 Å². The molecule has 4 aromatic rings. The molecule has 15 heteroatoms. The van der Waals surface area contributed by atoms with Gasteiger partial charge in [0.05, 0.1) is 31.5 Å². The number of tetrazole rings is 1. The number of ether oxygens (including phenoxy) is 2.